The van der Waals surface area contributed by atoms with Gasteiger partial charge in [0.05, 0.1) is 5.69 Å². The van der Waals surface area contributed by atoms with E-state index in [1.807, 2.05) is 32.0 Å². The van der Waals surface area contributed by atoms with E-state index in [4.69, 9.17) is 0 Å². The first kappa shape index (κ1) is 14.2. The first-order valence-corrected chi connectivity index (χ1v) is 7.15. The number of aromatic nitrogens is 5. The second-order valence-electron chi connectivity index (χ2n) is 5.24. The van der Waals surface area contributed by atoms with Gasteiger partial charge in [0.15, 0.2) is 0 Å². The Hall–Kier alpha value is -2.76. The average Bonchev–Trinajstić information content (AvgIpc) is 3.00. The van der Waals surface area contributed by atoms with Crippen molar-refractivity contribution in [3.05, 3.63) is 60.1 Å². The fraction of sp³-hybridized carbons (Fsp3) is 0.250. The van der Waals surface area contributed by atoms with E-state index >= 15 is 0 Å². The lowest BCUT2D eigenvalue weighted by atomic mass is 10.1. The van der Waals surface area contributed by atoms with Crippen LogP contribution in [0.25, 0.3) is 5.69 Å². The molecule has 0 unspecified atom stereocenters. The minimum atomic E-state index is 0.151. The van der Waals surface area contributed by atoms with Crippen LogP contribution in [0.5, 0.6) is 0 Å². The summed E-state index contributed by atoms with van der Waals surface area (Å²) in [7, 11) is 0. The van der Waals surface area contributed by atoms with Gasteiger partial charge in [-0.05, 0) is 38.5 Å². The van der Waals surface area contributed by atoms with Crippen molar-refractivity contribution in [2.45, 2.75) is 26.8 Å². The number of anilines is 1. The Balaban J connectivity index is 1.76. The fourth-order valence-corrected chi connectivity index (χ4v) is 2.35. The summed E-state index contributed by atoms with van der Waals surface area (Å²) in [5.74, 6) is 1.62. The molecular weight excluding hydrogens is 276 g/mol. The third kappa shape index (κ3) is 3.11. The lowest BCUT2D eigenvalue weighted by Crippen LogP contribution is -2.09. The van der Waals surface area contributed by atoms with Gasteiger partial charge in [-0.1, -0.05) is 12.1 Å². The molecule has 3 aromatic rings. The van der Waals surface area contributed by atoms with Crippen LogP contribution in [-0.2, 0) is 0 Å². The molecule has 22 heavy (non-hydrogen) atoms. The molecular formula is C16H18N6. The highest BCUT2D eigenvalue weighted by Gasteiger charge is 2.08. The van der Waals surface area contributed by atoms with E-state index in [0.29, 0.717) is 0 Å². The van der Waals surface area contributed by atoms with Gasteiger partial charge in [-0.3, -0.25) is 0 Å². The van der Waals surface area contributed by atoms with Crippen molar-refractivity contribution in [3.8, 4) is 5.69 Å². The van der Waals surface area contributed by atoms with Crippen LogP contribution in [0.4, 0.5) is 5.82 Å². The predicted molar refractivity (Wildman–Crippen MR) is 84.9 cm³/mol. The highest BCUT2D eigenvalue weighted by molar-refractivity contribution is 5.41. The first-order valence-electron chi connectivity index (χ1n) is 7.15. The summed E-state index contributed by atoms with van der Waals surface area (Å²) in [5.41, 5.74) is 3.13. The molecule has 0 bridgehead atoms. The van der Waals surface area contributed by atoms with E-state index < -0.39 is 0 Å². The number of nitrogens with zero attached hydrogens (tertiary/aromatic N) is 5. The smallest absolute Gasteiger partial charge is 0.138 e. The van der Waals surface area contributed by atoms with E-state index in [2.05, 4.69) is 44.4 Å². The van der Waals surface area contributed by atoms with Gasteiger partial charge >= 0.3 is 0 Å². The highest BCUT2D eigenvalue weighted by Crippen LogP contribution is 2.19. The molecule has 2 aromatic heterocycles. The predicted octanol–water partition coefficient (Wildman–Crippen LogP) is 2.85. The quantitative estimate of drug-likeness (QED) is 0.801. The monoisotopic (exact) mass is 294 g/mol. The highest BCUT2D eigenvalue weighted by atomic mass is 15.3. The summed E-state index contributed by atoms with van der Waals surface area (Å²) in [6.45, 7) is 5.98. The van der Waals surface area contributed by atoms with Gasteiger partial charge in [-0.2, -0.15) is 5.10 Å². The Kier molecular flexibility index (Phi) is 3.82. The Labute approximate surface area is 129 Å². The molecule has 6 nitrogen and oxygen atoms in total. The van der Waals surface area contributed by atoms with E-state index in [1.54, 1.807) is 11.0 Å². The molecule has 0 spiro atoms. The minimum Gasteiger partial charge on any atom is -0.363 e. The number of aryl methyl sites for hydroxylation is 2. The molecule has 0 aliphatic rings. The summed E-state index contributed by atoms with van der Waals surface area (Å²) in [6, 6.07) is 10.3. The fourth-order valence-electron chi connectivity index (χ4n) is 2.35. The number of benzene rings is 1. The van der Waals surface area contributed by atoms with E-state index in [9.17, 15) is 0 Å². The number of hydrogen-bond acceptors (Lipinski definition) is 5. The number of rotatable bonds is 4. The zero-order chi connectivity index (χ0) is 15.5. The SMILES string of the molecule is Cc1cc(N[C@H](C)c2ccc(-n3cncn3)cc2)nc(C)n1. The molecule has 3 rings (SSSR count). The van der Waals surface area contributed by atoms with Crippen molar-refractivity contribution in [1.29, 1.82) is 0 Å². The molecule has 0 saturated carbocycles. The normalized spacial score (nSPS) is 12.1. The van der Waals surface area contributed by atoms with Crippen LogP contribution in [0.2, 0.25) is 0 Å². The summed E-state index contributed by atoms with van der Waals surface area (Å²) in [6.07, 6.45) is 3.21. The van der Waals surface area contributed by atoms with Gasteiger partial charge in [0.2, 0.25) is 0 Å². The van der Waals surface area contributed by atoms with Gasteiger partial charge in [-0.25, -0.2) is 19.6 Å². The molecule has 0 saturated heterocycles. The van der Waals surface area contributed by atoms with E-state index in [-0.39, 0.29) is 6.04 Å². The van der Waals surface area contributed by atoms with Crippen molar-refractivity contribution < 1.29 is 0 Å². The zero-order valence-electron chi connectivity index (χ0n) is 12.9. The van der Waals surface area contributed by atoms with Crippen LogP contribution < -0.4 is 5.32 Å². The van der Waals surface area contributed by atoms with Crippen molar-refractivity contribution in [2.24, 2.45) is 0 Å². The number of nitrogens with one attached hydrogen (secondary N) is 1. The van der Waals surface area contributed by atoms with Gasteiger partial charge in [0, 0.05) is 17.8 Å². The summed E-state index contributed by atoms with van der Waals surface area (Å²) in [5, 5.41) is 7.53. The van der Waals surface area contributed by atoms with Crippen molar-refractivity contribution >= 4 is 5.82 Å². The van der Waals surface area contributed by atoms with Crippen LogP contribution in [-0.4, -0.2) is 24.7 Å². The third-order valence-corrected chi connectivity index (χ3v) is 3.41. The van der Waals surface area contributed by atoms with Crippen molar-refractivity contribution in [1.82, 2.24) is 24.7 Å². The summed E-state index contributed by atoms with van der Waals surface area (Å²) in [4.78, 5) is 12.7. The van der Waals surface area contributed by atoms with Crippen LogP contribution in [0.3, 0.4) is 0 Å². The lowest BCUT2D eigenvalue weighted by molar-refractivity contribution is 0.852. The molecule has 112 valence electrons. The van der Waals surface area contributed by atoms with E-state index in [1.165, 1.54) is 11.9 Å². The van der Waals surface area contributed by atoms with Gasteiger partial charge in [-0.15, -0.1) is 0 Å². The molecule has 1 atom stereocenters. The van der Waals surface area contributed by atoms with Crippen LogP contribution >= 0.6 is 0 Å². The Morgan fingerprint density at radius 2 is 1.86 bits per heavy atom. The second kappa shape index (κ2) is 5.93. The van der Waals surface area contributed by atoms with E-state index in [0.717, 1.165) is 23.0 Å². The summed E-state index contributed by atoms with van der Waals surface area (Å²) < 4.78 is 1.74. The van der Waals surface area contributed by atoms with Crippen molar-refractivity contribution in [2.75, 3.05) is 5.32 Å². The molecule has 0 aliphatic heterocycles. The first-order chi connectivity index (χ1) is 10.6. The molecule has 2 heterocycles. The van der Waals surface area contributed by atoms with Gasteiger partial charge < -0.3 is 5.32 Å². The molecule has 1 aromatic carbocycles. The van der Waals surface area contributed by atoms with Gasteiger partial charge in [0.1, 0.15) is 24.3 Å². The second-order valence-corrected chi connectivity index (χ2v) is 5.24. The third-order valence-electron chi connectivity index (χ3n) is 3.41. The largest absolute Gasteiger partial charge is 0.363 e. The van der Waals surface area contributed by atoms with Crippen LogP contribution in [0.15, 0.2) is 43.0 Å². The van der Waals surface area contributed by atoms with Gasteiger partial charge in [0.25, 0.3) is 0 Å². The van der Waals surface area contributed by atoms with Crippen LogP contribution in [0, 0.1) is 13.8 Å². The standard InChI is InChI=1S/C16H18N6/c1-11-8-16(21-13(3)19-11)20-12(2)14-4-6-15(7-5-14)22-10-17-9-18-22/h4-10,12H,1-3H3,(H,19,20,21)/t12-/m1/s1. The number of hydrogen-bond donors (Lipinski definition) is 1. The molecule has 6 heteroatoms. The summed E-state index contributed by atoms with van der Waals surface area (Å²) >= 11 is 0. The Morgan fingerprint density at radius 1 is 1.09 bits per heavy atom. The molecule has 0 fully saturated rings. The molecule has 0 amide bonds. The zero-order valence-corrected chi connectivity index (χ0v) is 12.9. The van der Waals surface area contributed by atoms with Crippen LogP contribution in [0.1, 0.15) is 30.0 Å². The lowest BCUT2D eigenvalue weighted by Gasteiger charge is -2.16. The topological polar surface area (TPSA) is 68.5 Å². The molecule has 0 aliphatic carbocycles. The maximum Gasteiger partial charge on any atom is 0.138 e. The maximum atomic E-state index is 4.41. The molecule has 0 radical (unpaired) electrons. The minimum absolute atomic E-state index is 0.151. The molecule has 1 N–H and O–H groups in total. The van der Waals surface area contributed by atoms with Crippen molar-refractivity contribution in [3.63, 3.8) is 0 Å². The Bertz CT molecular complexity index is 729. The average molecular weight is 294 g/mol. The Morgan fingerprint density at radius 3 is 2.50 bits per heavy atom. The maximum absolute atomic E-state index is 4.41.